The van der Waals surface area contributed by atoms with E-state index in [1.165, 1.54) is 5.56 Å². The molecular weight excluding hydrogens is 344 g/mol. The molecule has 0 saturated heterocycles. The maximum absolute atomic E-state index is 10.0. The van der Waals surface area contributed by atoms with E-state index in [-0.39, 0.29) is 5.60 Å². The van der Waals surface area contributed by atoms with Crippen molar-refractivity contribution in [3.63, 3.8) is 0 Å². The molecule has 3 heteroatoms. The molecule has 0 saturated carbocycles. The third-order valence-corrected chi connectivity index (χ3v) is 4.51. The number of rotatable bonds is 4. The Morgan fingerprint density at radius 2 is 1.75 bits per heavy atom. The first kappa shape index (κ1) is 19.9. The smallest absolute Gasteiger partial charge is 0.120 e. The fourth-order valence-corrected chi connectivity index (χ4v) is 3.39. The summed E-state index contributed by atoms with van der Waals surface area (Å²) in [6.07, 6.45) is 0.776. The molecule has 3 aromatic rings. The number of benzene rings is 2. The van der Waals surface area contributed by atoms with Gasteiger partial charge >= 0.3 is 0 Å². The summed E-state index contributed by atoms with van der Waals surface area (Å²) in [7, 11) is 0. The third-order valence-electron chi connectivity index (χ3n) is 4.51. The minimum atomic E-state index is -0.291. The Morgan fingerprint density at radius 1 is 1.07 bits per heavy atom. The van der Waals surface area contributed by atoms with E-state index in [4.69, 9.17) is 9.72 Å². The molecule has 0 aliphatic heterocycles. The molecule has 0 fully saturated rings. The third kappa shape index (κ3) is 4.34. The number of aromatic nitrogens is 1. The number of aryl methyl sites for hydroxylation is 1. The van der Waals surface area contributed by atoms with Crippen LogP contribution in [0.2, 0.25) is 0 Å². The van der Waals surface area contributed by atoms with E-state index >= 15 is 0 Å². The molecule has 0 radical (unpaired) electrons. The van der Waals surface area contributed by atoms with E-state index < -0.39 is 0 Å². The molecule has 0 bridgehead atoms. The fraction of sp³-hybridized carbons (Fsp3) is 0.360. The van der Waals surface area contributed by atoms with Crippen LogP contribution in [-0.2, 0) is 6.42 Å². The zero-order chi connectivity index (χ0) is 20.5. The van der Waals surface area contributed by atoms with Gasteiger partial charge in [-0.05, 0) is 63.8 Å². The van der Waals surface area contributed by atoms with Crippen LogP contribution in [0.1, 0.15) is 51.4 Å². The Kier molecular flexibility index (Phi) is 5.42. The Balaban J connectivity index is 2.33. The largest absolute Gasteiger partial charge is 0.488 e. The van der Waals surface area contributed by atoms with Crippen molar-refractivity contribution in [3.8, 4) is 22.9 Å². The molecule has 0 N–H and O–H groups in total. The van der Waals surface area contributed by atoms with Gasteiger partial charge in [-0.1, -0.05) is 43.7 Å². The first-order valence-electron chi connectivity index (χ1n) is 9.80. The van der Waals surface area contributed by atoms with E-state index in [0.717, 1.165) is 39.9 Å². The predicted molar refractivity (Wildman–Crippen MR) is 116 cm³/mol. The lowest BCUT2D eigenvalue weighted by Crippen LogP contribution is -2.22. The van der Waals surface area contributed by atoms with Gasteiger partial charge in [0.1, 0.15) is 17.4 Å². The number of nitrogens with zero attached hydrogens (tertiary/aromatic N) is 2. The van der Waals surface area contributed by atoms with Crippen LogP contribution >= 0.6 is 0 Å². The summed E-state index contributed by atoms with van der Waals surface area (Å²) < 4.78 is 6.08. The maximum Gasteiger partial charge on any atom is 0.120 e. The summed E-state index contributed by atoms with van der Waals surface area (Å²) in [5.41, 5.74) is 5.31. The molecule has 1 heterocycles. The average Bonchev–Trinajstić information content (AvgIpc) is 2.60. The van der Waals surface area contributed by atoms with Gasteiger partial charge in [-0.2, -0.15) is 5.26 Å². The van der Waals surface area contributed by atoms with E-state index in [1.807, 2.05) is 39.0 Å². The molecule has 0 atom stereocenters. The topological polar surface area (TPSA) is 45.9 Å². The lowest BCUT2D eigenvalue weighted by atomic mass is 9.91. The van der Waals surface area contributed by atoms with Crippen molar-refractivity contribution in [2.75, 3.05) is 0 Å². The maximum atomic E-state index is 10.0. The molecule has 28 heavy (non-hydrogen) atoms. The van der Waals surface area contributed by atoms with Crippen molar-refractivity contribution < 1.29 is 4.74 Å². The van der Waals surface area contributed by atoms with E-state index in [0.29, 0.717) is 11.5 Å². The first-order valence-corrected chi connectivity index (χ1v) is 9.80. The number of ether oxygens (including phenoxy) is 1. The van der Waals surface area contributed by atoms with Gasteiger partial charge in [0.25, 0.3) is 0 Å². The summed E-state index contributed by atoms with van der Waals surface area (Å²) in [4.78, 5) is 4.85. The molecule has 2 aromatic carbocycles. The van der Waals surface area contributed by atoms with Gasteiger partial charge in [0.15, 0.2) is 0 Å². The van der Waals surface area contributed by atoms with Crippen molar-refractivity contribution in [2.24, 2.45) is 5.92 Å². The van der Waals surface area contributed by atoms with Crippen LogP contribution in [0.5, 0.6) is 5.75 Å². The Morgan fingerprint density at radius 3 is 2.32 bits per heavy atom. The van der Waals surface area contributed by atoms with Gasteiger partial charge in [0.05, 0.1) is 16.8 Å². The highest BCUT2D eigenvalue weighted by Gasteiger charge is 2.19. The number of nitriles is 1. The van der Waals surface area contributed by atoms with E-state index in [2.05, 4.69) is 51.1 Å². The van der Waals surface area contributed by atoms with Gasteiger partial charge in [0.2, 0.25) is 0 Å². The van der Waals surface area contributed by atoms with Crippen LogP contribution in [0.25, 0.3) is 22.0 Å². The van der Waals surface area contributed by atoms with Crippen molar-refractivity contribution >= 4 is 10.9 Å². The van der Waals surface area contributed by atoms with Crippen LogP contribution in [0.3, 0.4) is 0 Å². The molecule has 144 valence electrons. The van der Waals surface area contributed by atoms with Crippen LogP contribution < -0.4 is 4.74 Å². The van der Waals surface area contributed by atoms with Crippen LogP contribution in [0.4, 0.5) is 0 Å². The Labute approximate surface area is 168 Å². The number of hydrogen-bond donors (Lipinski definition) is 0. The second kappa shape index (κ2) is 7.64. The average molecular weight is 373 g/mol. The van der Waals surface area contributed by atoms with E-state index in [9.17, 15) is 5.26 Å². The molecule has 3 nitrogen and oxygen atoms in total. The van der Waals surface area contributed by atoms with Gasteiger partial charge in [-0.15, -0.1) is 0 Å². The molecule has 1 aromatic heterocycles. The molecule has 3 rings (SSSR count). The van der Waals surface area contributed by atoms with Crippen LogP contribution in [0.15, 0.2) is 42.5 Å². The summed E-state index contributed by atoms with van der Waals surface area (Å²) >= 11 is 0. The van der Waals surface area contributed by atoms with Gasteiger partial charge in [-0.3, -0.25) is 4.98 Å². The Bertz CT molecular complexity index is 1040. The first-order chi connectivity index (χ1) is 13.2. The minimum Gasteiger partial charge on any atom is -0.488 e. The number of fused-ring (bicyclic) bond motifs is 1. The molecule has 0 spiro atoms. The molecule has 0 amide bonds. The van der Waals surface area contributed by atoms with Crippen molar-refractivity contribution in [1.82, 2.24) is 4.98 Å². The molecule has 0 aliphatic carbocycles. The summed E-state index contributed by atoms with van der Waals surface area (Å²) in [6.45, 7) is 12.5. The molecule has 0 unspecified atom stereocenters. The fourth-order valence-electron chi connectivity index (χ4n) is 3.39. The van der Waals surface area contributed by atoms with Crippen LogP contribution in [-0.4, -0.2) is 10.6 Å². The SMILES string of the molecule is Cc1ccc(-c2c(C#N)c(CC(C)C)nc3ccc(OC(C)(C)C)cc23)cc1. The van der Waals surface area contributed by atoms with Crippen molar-refractivity contribution in [1.29, 1.82) is 5.26 Å². The summed E-state index contributed by atoms with van der Waals surface area (Å²) in [5.74, 6) is 1.21. The second-order valence-electron chi connectivity index (χ2n) is 8.78. The minimum absolute atomic E-state index is 0.291. The van der Waals surface area contributed by atoms with E-state index in [1.54, 1.807) is 0 Å². The predicted octanol–water partition coefficient (Wildman–Crippen LogP) is 6.46. The lowest BCUT2D eigenvalue weighted by molar-refractivity contribution is 0.131. The summed E-state index contributed by atoms with van der Waals surface area (Å²) in [6, 6.07) is 16.8. The van der Waals surface area contributed by atoms with Crippen LogP contribution in [0, 0.1) is 24.2 Å². The second-order valence-corrected chi connectivity index (χ2v) is 8.78. The highest BCUT2D eigenvalue weighted by atomic mass is 16.5. The zero-order valence-corrected chi connectivity index (χ0v) is 17.6. The molecular formula is C25H28N2O. The van der Waals surface area contributed by atoms with Crippen molar-refractivity contribution in [3.05, 3.63) is 59.3 Å². The highest BCUT2D eigenvalue weighted by molar-refractivity contribution is 5.98. The Hall–Kier alpha value is -2.86. The number of pyridine rings is 1. The molecule has 0 aliphatic rings. The van der Waals surface area contributed by atoms with Crippen molar-refractivity contribution in [2.45, 2.75) is 53.6 Å². The monoisotopic (exact) mass is 372 g/mol. The summed E-state index contributed by atoms with van der Waals surface area (Å²) in [5, 5.41) is 11.0. The number of hydrogen-bond acceptors (Lipinski definition) is 3. The van der Waals surface area contributed by atoms with Gasteiger partial charge in [0, 0.05) is 10.9 Å². The zero-order valence-electron chi connectivity index (χ0n) is 17.6. The quantitative estimate of drug-likeness (QED) is 0.528. The van der Waals surface area contributed by atoms with Gasteiger partial charge < -0.3 is 4.74 Å². The standard InChI is InChI=1S/C25H28N2O/c1-16(2)13-23-21(15-26)24(18-9-7-17(3)8-10-18)20-14-19(28-25(4,5)6)11-12-22(20)27-23/h7-12,14,16H,13H2,1-6H3. The highest BCUT2D eigenvalue weighted by Crippen LogP contribution is 2.36. The van der Waals surface area contributed by atoms with Gasteiger partial charge in [-0.25, -0.2) is 0 Å². The normalized spacial score (nSPS) is 11.6. The lowest BCUT2D eigenvalue weighted by Gasteiger charge is -2.22.